The number of halogens is 3. The molecule has 7 nitrogen and oxygen atoms in total. The minimum atomic E-state index is -4.41. The zero-order valence-electron chi connectivity index (χ0n) is 19.9. The van der Waals surface area contributed by atoms with E-state index in [1.54, 1.807) is 6.07 Å². The van der Waals surface area contributed by atoms with Crippen molar-refractivity contribution in [3.8, 4) is 0 Å². The number of aromatic amines is 1. The van der Waals surface area contributed by atoms with Crippen molar-refractivity contribution in [2.24, 2.45) is 0 Å². The van der Waals surface area contributed by atoms with Crippen LogP contribution in [0.3, 0.4) is 0 Å². The molecule has 2 aromatic carbocycles. The lowest BCUT2D eigenvalue weighted by atomic mass is 10.0. The lowest BCUT2D eigenvalue weighted by Crippen LogP contribution is -2.07. The Morgan fingerprint density at radius 1 is 0.946 bits per heavy atom. The van der Waals surface area contributed by atoms with Gasteiger partial charge in [-0.1, -0.05) is 18.2 Å². The Hall–Kier alpha value is -4.34. The van der Waals surface area contributed by atoms with Gasteiger partial charge in [-0.05, 0) is 67.7 Å². The first-order valence-electron chi connectivity index (χ1n) is 12.0. The van der Waals surface area contributed by atoms with Crippen LogP contribution in [0.5, 0.6) is 0 Å². The SMILES string of the molecule is Cc1cc2nc(n1)Nc1ccc(cc1)/C(Nc1cccc(C(F)(F)F)c1)=C1/CCC(C1)c1cc(n[nH]1)N2. The van der Waals surface area contributed by atoms with E-state index in [4.69, 9.17) is 0 Å². The predicted molar refractivity (Wildman–Crippen MR) is 137 cm³/mol. The second-order valence-corrected chi connectivity index (χ2v) is 9.38. The Balaban J connectivity index is 1.43. The number of hydrogen-bond acceptors (Lipinski definition) is 6. The van der Waals surface area contributed by atoms with E-state index in [1.165, 1.54) is 6.07 Å². The Kier molecular flexibility index (Phi) is 5.58. The fourth-order valence-corrected chi connectivity index (χ4v) is 4.90. The molecule has 0 amide bonds. The molecule has 2 aliphatic heterocycles. The first kappa shape index (κ1) is 23.1. The molecule has 4 aromatic rings. The van der Waals surface area contributed by atoms with Crippen molar-refractivity contribution in [2.45, 2.75) is 38.3 Å². The third kappa shape index (κ3) is 4.87. The highest BCUT2D eigenvalue weighted by Crippen LogP contribution is 2.42. The van der Waals surface area contributed by atoms with Crippen molar-refractivity contribution < 1.29 is 13.2 Å². The number of aryl methyl sites for hydroxylation is 1. The molecule has 10 heteroatoms. The molecule has 8 bridgehead atoms. The molecule has 1 atom stereocenters. The molecule has 37 heavy (non-hydrogen) atoms. The maximum atomic E-state index is 13.4. The molecular weight excluding hydrogens is 479 g/mol. The molecule has 4 N–H and O–H groups in total. The van der Waals surface area contributed by atoms with Gasteiger partial charge in [-0.3, -0.25) is 5.10 Å². The van der Waals surface area contributed by atoms with Crippen molar-refractivity contribution in [2.75, 3.05) is 16.0 Å². The Morgan fingerprint density at radius 3 is 2.59 bits per heavy atom. The number of rotatable bonds is 2. The van der Waals surface area contributed by atoms with Gasteiger partial charge in [-0.25, -0.2) is 4.98 Å². The molecule has 7 rings (SSSR count). The minimum absolute atomic E-state index is 0.216. The lowest BCUT2D eigenvalue weighted by Gasteiger charge is -2.17. The van der Waals surface area contributed by atoms with Gasteiger partial charge in [0.1, 0.15) is 5.82 Å². The first-order valence-corrected chi connectivity index (χ1v) is 12.0. The summed E-state index contributed by atoms with van der Waals surface area (Å²) in [5, 5.41) is 17.3. The minimum Gasteiger partial charge on any atom is -0.355 e. The number of benzene rings is 2. The first-order chi connectivity index (χ1) is 17.8. The van der Waals surface area contributed by atoms with Crippen molar-refractivity contribution >= 4 is 34.7 Å². The Labute approximate surface area is 211 Å². The van der Waals surface area contributed by atoms with E-state index in [0.29, 0.717) is 23.3 Å². The van der Waals surface area contributed by atoms with Crippen LogP contribution in [0.25, 0.3) is 5.70 Å². The van der Waals surface area contributed by atoms with E-state index in [-0.39, 0.29) is 5.92 Å². The van der Waals surface area contributed by atoms with Crippen LogP contribution in [-0.4, -0.2) is 20.2 Å². The second kappa shape index (κ2) is 8.95. The largest absolute Gasteiger partial charge is 0.416 e. The van der Waals surface area contributed by atoms with Crippen molar-refractivity contribution in [1.82, 2.24) is 20.2 Å². The van der Waals surface area contributed by atoms with Crippen LogP contribution >= 0.6 is 0 Å². The summed E-state index contributed by atoms with van der Waals surface area (Å²) in [6, 6.07) is 16.9. The van der Waals surface area contributed by atoms with Gasteiger partial charge < -0.3 is 16.0 Å². The van der Waals surface area contributed by atoms with Gasteiger partial charge in [0.2, 0.25) is 5.95 Å². The molecule has 0 radical (unpaired) electrons. The van der Waals surface area contributed by atoms with Crippen LogP contribution in [0, 0.1) is 6.92 Å². The number of aromatic nitrogens is 4. The van der Waals surface area contributed by atoms with E-state index >= 15 is 0 Å². The molecule has 2 aromatic heterocycles. The average Bonchev–Trinajstić information content (AvgIpc) is 3.52. The molecule has 3 aliphatic rings. The molecule has 1 saturated carbocycles. The summed E-state index contributed by atoms with van der Waals surface area (Å²) >= 11 is 0. The maximum Gasteiger partial charge on any atom is 0.416 e. The number of alkyl halides is 3. The molecule has 1 fully saturated rings. The number of H-pyrrole nitrogens is 1. The summed E-state index contributed by atoms with van der Waals surface area (Å²) in [6.07, 6.45) is -1.92. The number of hydrogen-bond donors (Lipinski definition) is 4. The summed E-state index contributed by atoms with van der Waals surface area (Å²) in [6.45, 7) is 1.89. The summed E-state index contributed by atoms with van der Waals surface area (Å²) in [7, 11) is 0. The van der Waals surface area contributed by atoms with Crippen molar-refractivity contribution in [3.05, 3.63) is 88.8 Å². The van der Waals surface area contributed by atoms with Crippen LogP contribution < -0.4 is 16.0 Å². The molecule has 1 unspecified atom stereocenters. The average molecular weight is 504 g/mol. The number of nitrogens with zero attached hydrogens (tertiary/aromatic N) is 3. The highest BCUT2D eigenvalue weighted by atomic mass is 19.4. The maximum absolute atomic E-state index is 13.4. The van der Waals surface area contributed by atoms with Crippen LogP contribution in [0.2, 0.25) is 0 Å². The van der Waals surface area contributed by atoms with Crippen molar-refractivity contribution in [3.63, 3.8) is 0 Å². The normalized spacial score (nSPS) is 18.9. The fraction of sp³-hybridized carbons (Fsp3) is 0.222. The molecule has 4 heterocycles. The third-order valence-corrected chi connectivity index (χ3v) is 6.68. The molecular formula is C27H24F3N7. The topological polar surface area (TPSA) is 90.6 Å². The summed E-state index contributed by atoms with van der Waals surface area (Å²) < 4.78 is 40.1. The number of anilines is 5. The van der Waals surface area contributed by atoms with E-state index in [9.17, 15) is 13.2 Å². The predicted octanol–water partition coefficient (Wildman–Crippen LogP) is 7.12. The highest BCUT2D eigenvalue weighted by Gasteiger charge is 2.31. The molecule has 188 valence electrons. The van der Waals surface area contributed by atoms with Gasteiger partial charge in [0.25, 0.3) is 0 Å². The molecule has 0 spiro atoms. The Bertz CT molecular complexity index is 1490. The third-order valence-electron chi connectivity index (χ3n) is 6.68. The number of nitrogens with one attached hydrogen (secondary N) is 4. The van der Waals surface area contributed by atoms with Crippen LogP contribution in [0.15, 0.2) is 66.2 Å². The summed E-state index contributed by atoms with van der Waals surface area (Å²) in [5.74, 6) is 1.96. The van der Waals surface area contributed by atoms with Crippen LogP contribution in [0.4, 0.5) is 42.1 Å². The van der Waals surface area contributed by atoms with E-state index < -0.39 is 11.7 Å². The molecule has 0 saturated heterocycles. The van der Waals surface area contributed by atoms with Gasteiger partial charge in [0.15, 0.2) is 5.82 Å². The zero-order valence-corrected chi connectivity index (χ0v) is 19.9. The van der Waals surface area contributed by atoms with Gasteiger partial charge >= 0.3 is 6.18 Å². The van der Waals surface area contributed by atoms with Gasteiger partial charge in [0.05, 0.1) is 5.56 Å². The summed E-state index contributed by atoms with van der Waals surface area (Å²) in [4.78, 5) is 9.04. The Morgan fingerprint density at radius 2 is 1.78 bits per heavy atom. The van der Waals surface area contributed by atoms with E-state index in [1.807, 2.05) is 43.3 Å². The summed E-state index contributed by atoms with van der Waals surface area (Å²) in [5.41, 5.74) is 5.18. The van der Waals surface area contributed by atoms with E-state index in [2.05, 4.69) is 36.1 Å². The van der Waals surface area contributed by atoms with Crippen LogP contribution in [-0.2, 0) is 6.18 Å². The highest BCUT2D eigenvalue weighted by molar-refractivity contribution is 5.80. The monoisotopic (exact) mass is 503 g/mol. The standard InChI is InChI=1S/C27H24F3N7/c1-15-11-23-34-24-14-22(36-37-24)17-5-6-18(12-17)25(32-21-4-2-3-19(13-21)27(28,29)30)16-7-9-20(10-8-16)33-26(31-15)35-23/h2-4,7-11,13-14,17,32H,5-6,12H2,1H3,(H3,31,33,34,35,36,37)/b25-18+. The van der Waals surface area contributed by atoms with E-state index in [0.717, 1.165) is 65.3 Å². The van der Waals surface area contributed by atoms with Crippen molar-refractivity contribution in [1.29, 1.82) is 0 Å². The van der Waals surface area contributed by atoms with Gasteiger partial charge in [-0.2, -0.15) is 23.3 Å². The van der Waals surface area contributed by atoms with Gasteiger partial charge in [-0.15, -0.1) is 0 Å². The lowest BCUT2D eigenvalue weighted by molar-refractivity contribution is -0.137. The zero-order chi connectivity index (χ0) is 25.6. The molecule has 1 aliphatic carbocycles. The second-order valence-electron chi connectivity index (χ2n) is 9.38. The number of allylic oxidation sites excluding steroid dienone is 1. The fourth-order valence-electron chi connectivity index (χ4n) is 4.90. The quantitative estimate of drug-likeness (QED) is 0.233. The van der Waals surface area contributed by atoms with Gasteiger partial charge in [0, 0.05) is 46.5 Å². The number of fused-ring (bicyclic) bond motifs is 2. The smallest absolute Gasteiger partial charge is 0.355 e. The van der Waals surface area contributed by atoms with Crippen LogP contribution in [0.1, 0.15) is 47.7 Å².